The molecule has 3 heteroatoms. The van der Waals surface area contributed by atoms with E-state index < -0.39 is 0 Å². The van der Waals surface area contributed by atoms with Gasteiger partial charge < -0.3 is 4.52 Å². The van der Waals surface area contributed by atoms with Crippen LogP contribution >= 0.6 is 0 Å². The summed E-state index contributed by atoms with van der Waals surface area (Å²) in [6, 6.07) is 6.24. The van der Waals surface area contributed by atoms with Crippen molar-refractivity contribution in [3.8, 4) is 0 Å². The van der Waals surface area contributed by atoms with E-state index in [1.807, 2.05) is 0 Å². The zero-order valence-electron chi connectivity index (χ0n) is 19.9. The van der Waals surface area contributed by atoms with Crippen LogP contribution in [-0.4, -0.2) is 28.7 Å². The summed E-state index contributed by atoms with van der Waals surface area (Å²) in [5.74, 6) is 1.61. The fraction of sp³-hybridized carbons (Fsp3) is 0.741. The summed E-state index contributed by atoms with van der Waals surface area (Å²) >= 11 is 0. The fourth-order valence-electron chi connectivity index (χ4n) is 6.64. The molecule has 3 atom stereocenters. The summed E-state index contributed by atoms with van der Waals surface area (Å²) in [6.07, 6.45) is 9.41. The van der Waals surface area contributed by atoms with E-state index in [-0.39, 0.29) is 5.41 Å². The third-order valence-corrected chi connectivity index (χ3v) is 8.37. The lowest BCUT2D eigenvalue weighted by Gasteiger charge is -2.52. The molecule has 2 fully saturated rings. The third kappa shape index (κ3) is 3.51. The molecular formula is C27H40N2O. The second-order valence-electron chi connectivity index (χ2n) is 12.6. The Labute approximate surface area is 182 Å². The molecule has 1 aromatic heterocycles. The van der Waals surface area contributed by atoms with Crippen LogP contribution in [0.3, 0.4) is 0 Å². The fourth-order valence-corrected chi connectivity index (χ4v) is 6.64. The van der Waals surface area contributed by atoms with Gasteiger partial charge in [-0.3, -0.25) is 4.90 Å². The van der Waals surface area contributed by atoms with Crippen molar-refractivity contribution in [2.24, 2.45) is 17.3 Å². The van der Waals surface area contributed by atoms with E-state index in [9.17, 15) is 0 Å². The van der Waals surface area contributed by atoms with Gasteiger partial charge in [0, 0.05) is 35.0 Å². The van der Waals surface area contributed by atoms with Crippen LogP contribution in [0.2, 0.25) is 0 Å². The minimum Gasteiger partial charge on any atom is -0.356 e. The van der Waals surface area contributed by atoms with E-state index in [0.29, 0.717) is 5.41 Å². The topological polar surface area (TPSA) is 29.3 Å². The van der Waals surface area contributed by atoms with Gasteiger partial charge in [-0.1, -0.05) is 59.2 Å². The van der Waals surface area contributed by atoms with Crippen molar-refractivity contribution >= 4 is 11.0 Å². The molecule has 1 aromatic carbocycles. The number of aromatic nitrogens is 1. The number of piperidine rings is 2. The van der Waals surface area contributed by atoms with Crippen LogP contribution in [0.4, 0.5) is 0 Å². The average molecular weight is 409 g/mol. The molecule has 0 spiro atoms. The molecule has 0 amide bonds. The molecule has 0 radical (unpaired) electrons. The van der Waals surface area contributed by atoms with E-state index in [2.05, 4.69) is 63.7 Å². The molecule has 0 N–H and O–H groups in total. The number of benzene rings is 1. The van der Waals surface area contributed by atoms with Crippen LogP contribution in [0.25, 0.3) is 11.0 Å². The van der Waals surface area contributed by atoms with Gasteiger partial charge in [0.25, 0.3) is 0 Å². The SMILES string of the molecule is CC(C)(C)c1noc2c3c(ccc12)CC(CN1C2CCCC1CC(C(C)(C)C)C2)C3. The minimum absolute atomic E-state index is 0.0202. The zero-order valence-corrected chi connectivity index (χ0v) is 19.9. The number of hydrogen-bond acceptors (Lipinski definition) is 3. The summed E-state index contributed by atoms with van der Waals surface area (Å²) in [5, 5.41) is 5.70. The van der Waals surface area contributed by atoms with Gasteiger partial charge in [-0.2, -0.15) is 0 Å². The van der Waals surface area contributed by atoms with Gasteiger partial charge >= 0.3 is 0 Å². The quantitative estimate of drug-likeness (QED) is 0.566. The van der Waals surface area contributed by atoms with E-state index in [0.717, 1.165) is 41.6 Å². The lowest BCUT2D eigenvalue weighted by molar-refractivity contribution is -0.0240. The first-order chi connectivity index (χ1) is 14.1. The molecule has 164 valence electrons. The van der Waals surface area contributed by atoms with E-state index in [1.165, 1.54) is 61.6 Å². The van der Waals surface area contributed by atoms with E-state index >= 15 is 0 Å². The van der Waals surface area contributed by atoms with Gasteiger partial charge in [-0.15, -0.1) is 0 Å². The highest BCUT2D eigenvalue weighted by Gasteiger charge is 2.43. The van der Waals surface area contributed by atoms with Crippen LogP contribution in [0.1, 0.15) is 90.5 Å². The van der Waals surface area contributed by atoms with Crippen LogP contribution in [-0.2, 0) is 18.3 Å². The van der Waals surface area contributed by atoms with Crippen molar-refractivity contribution in [2.75, 3.05) is 6.54 Å². The van der Waals surface area contributed by atoms with Crippen LogP contribution in [0, 0.1) is 17.3 Å². The number of hydrogen-bond donors (Lipinski definition) is 0. The third-order valence-electron chi connectivity index (χ3n) is 8.37. The van der Waals surface area contributed by atoms with Gasteiger partial charge in [-0.05, 0) is 67.4 Å². The average Bonchev–Trinajstić information content (AvgIpc) is 3.22. The molecule has 0 saturated carbocycles. The summed E-state index contributed by atoms with van der Waals surface area (Å²) < 4.78 is 5.92. The summed E-state index contributed by atoms with van der Waals surface area (Å²) in [7, 11) is 0. The standard InChI is InChI=1S/C27H40N2O/c1-26(2,3)19-14-20-8-7-9-21(15-19)29(20)16-17-12-18-10-11-22-24(23(18)13-17)30-28-25(22)27(4,5)6/h10-11,17,19-21H,7-9,12-16H2,1-6H3. The van der Waals surface area contributed by atoms with E-state index in [1.54, 1.807) is 0 Å². The number of rotatable bonds is 2. The first-order valence-corrected chi connectivity index (χ1v) is 12.3. The minimum atomic E-state index is 0.0202. The highest BCUT2D eigenvalue weighted by molar-refractivity contribution is 5.85. The lowest BCUT2D eigenvalue weighted by atomic mass is 9.68. The van der Waals surface area contributed by atoms with Gasteiger partial charge in [0.05, 0.1) is 5.69 Å². The van der Waals surface area contributed by atoms with Gasteiger partial charge in [0.15, 0.2) is 5.58 Å². The predicted molar refractivity (Wildman–Crippen MR) is 124 cm³/mol. The molecule has 2 saturated heterocycles. The van der Waals surface area contributed by atoms with E-state index in [4.69, 9.17) is 4.52 Å². The maximum atomic E-state index is 5.92. The largest absolute Gasteiger partial charge is 0.356 e. The predicted octanol–water partition coefficient (Wildman–Crippen LogP) is 6.52. The zero-order chi connectivity index (χ0) is 21.3. The van der Waals surface area contributed by atoms with Crippen molar-refractivity contribution < 1.29 is 4.52 Å². The van der Waals surface area contributed by atoms with Crippen molar-refractivity contribution in [2.45, 2.75) is 104 Å². The molecule has 3 aliphatic rings. The Hall–Kier alpha value is -1.35. The Morgan fingerprint density at radius 3 is 2.33 bits per heavy atom. The maximum Gasteiger partial charge on any atom is 0.170 e. The Bertz CT molecular complexity index is 915. The van der Waals surface area contributed by atoms with Crippen LogP contribution < -0.4 is 0 Å². The Morgan fingerprint density at radius 1 is 1.00 bits per heavy atom. The van der Waals surface area contributed by atoms with Gasteiger partial charge in [0.1, 0.15) is 0 Å². The molecule has 1 aliphatic carbocycles. The van der Waals surface area contributed by atoms with Crippen LogP contribution in [0.5, 0.6) is 0 Å². The monoisotopic (exact) mass is 408 g/mol. The summed E-state index contributed by atoms with van der Waals surface area (Å²) in [4.78, 5) is 2.93. The Morgan fingerprint density at radius 2 is 1.70 bits per heavy atom. The molecule has 3 unspecified atom stereocenters. The first kappa shape index (κ1) is 20.5. The molecule has 30 heavy (non-hydrogen) atoms. The number of fused-ring (bicyclic) bond motifs is 5. The normalized spacial score (nSPS) is 30.1. The highest BCUT2D eigenvalue weighted by atomic mass is 16.5. The number of nitrogens with zero attached hydrogens (tertiary/aromatic N) is 2. The van der Waals surface area contributed by atoms with Crippen molar-refractivity contribution in [3.63, 3.8) is 0 Å². The maximum absolute atomic E-state index is 5.92. The lowest BCUT2D eigenvalue weighted by Crippen LogP contribution is -2.55. The van der Waals surface area contributed by atoms with Gasteiger partial charge in [0.2, 0.25) is 0 Å². The van der Waals surface area contributed by atoms with Crippen LogP contribution in [0.15, 0.2) is 16.7 Å². The smallest absolute Gasteiger partial charge is 0.170 e. The first-order valence-electron chi connectivity index (χ1n) is 12.3. The Kier molecular flexibility index (Phi) is 4.85. The molecule has 2 aromatic rings. The second kappa shape index (κ2) is 7.08. The summed E-state index contributed by atoms with van der Waals surface area (Å²) in [5.41, 5.74) is 5.57. The molecule has 5 rings (SSSR count). The second-order valence-corrected chi connectivity index (χ2v) is 12.6. The van der Waals surface area contributed by atoms with Crippen molar-refractivity contribution in [3.05, 3.63) is 29.0 Å². The van der Waals surface area contributed by atoms with Crippen molar-refractivity contribution in [1.29, 1.82) is 0 Å². The highest BCUT2D eigenvalue weighted by Crippen LogP contribution is 2.45. The Balaban J connectivity index is 1.34. The summed E-state index contributed by atoms with van der Waals surface area (Å²) in [6.45, 7) is 15.3. The molecule has 3 heterocycles. The molecule has 3 nitrogen and oxygen atoms in total. The molecule has 2 aliphatic heterocycles. The molecular weight excluding hydrogens is 368 g/mol. The van der Waals surface area contributed by atoms with Gasteiger partial charge in [-0.25, -0.2) is 0 Å². The molecule has 2 bridgehead atoms. The van der Waals surface area contributed by atoms with Crippen molar-refractivity contribution in [1.82, 2.24) is 10.1 Å².